The van der Waals surface area contributed by atoms with E-state index in [0.717, 1.165) is 6.42 Å². The Kier molecular flexibility index (Phi) is 7.66. The standard InChI is InChI=1S/C20H38O4Si/c1-10-11-16(21)12-13-17-14-18(23-20(6,7)22-17)15(2)24-25(8,9)19(3,4)5/h10,12-13,15-18,21H,1,11,14H2,2-9H3/b13-12-/t15-,16+,17+,18+/m0/s1. The van der Waals surface area contributed by atoms with Crippen LogP contribution in [-0.4, -0.2) is 43.6 Å². The van der Waals surface area contributed by atoms with Gasteiger partial charge >= 0.3 is 0 Å². The van der Waals surface area contributed by atoms with Gasteiger partial charge < -0.3 is 19.0 Å². The summed E-state index contributed by atoms with van der Waals surface area (Å²) in [7, 11) is -1.86. The first kappa shape index (κ1) is 22.6. The summed E-state index contributed by atoms with van der Waals surface area (Å²) in [6.07, 6.45) is 6.02. The van der Waals surface area contributed by atoms with Crippen molar-refractivity contribution in [3.63, 3.8) is 0 Å². The second kappa shape index (κ2) is 8.48. The van der Waals surface area contributed by atoms with Crippen LogP contribution in [0.4, 0.5) is 0 Å². The molecule has 0 aliphatic carbocycles. The van der Waals surface area contributed by atoms with Gasteiger partial charge in [-0.05, 0) is 45.3 Å². The van der Waals surface area contributed by atoms with Crippen LogP contribution >= 0.6 is 0 Å². The Morgan fingerprint density at radius 3 is 2.44 bits per heavy atom. The minimum Gasteiger partial charge on any atom is -0.412 e. The van der Waals surface area contributed by atoms with E-state index >= 15 is 0 Å². The maximum atomic E-state index is 9.86. The summed E-state index contributed by atoms with van der Waals surface area (Å²) in [5.74, 6) is -0.674. The van der Waals surface area contributed by atoms with E-state index in [0.29, 0.717) is 6.42 Å². The molecule has 146 valence electrons. The van der Waals surface area contributed by atoms with Crippen LogP contribution in [0.3, 0.4) is 0 Å². The van der Waals surface area contributed by atoms with E-state index < -0.39 is 20.2 Å². The molecule has 1 heterocycles. The number of rotatable bonds is 7. The predicted molar refractivity (Wildman–Crippen MR) is 106 cm³/mol. The Morgan fingerprint density at radius 2 is 1.92 bits per heavy atom. The predicted octanol–water partition coefficient (Wildman–Crippen LogP) is 4.80. The van der Waals surface area contributed by atoms with E-state index in [1.165, 1.54) is 0 Å². The molecular weight excluding hydrogens is 332 g/mol. The third kappa shape index (κ3) is 6.98. The van der Waals surface area contributed by atoms with Crippen molar-refractivity contribution in [2.75, 3.05) is 0 Å². The minimum absolute atomic E-state index is 0.00179. The monoisotopic (exact) mass is 370 g/mol. The molecule has 0 amide bonds. The molecule has 1 saturated heterocycles. The smallest absolute Gasteiger partial charge is 0.192 e. The van der Waals surface area contributed by atoms with Crippen LogP contribution in [0, 0.1) is 0 Å². The highest BCUT2D eigenvalue weighted by Crippen LogP contribution is 2.39. The highest BCUT2D eigenvalue weighted by Gasteiger charge is 2.43. The fourth-order valence-corrected chi connectivity index (χ4v) is 4.14. The molecule has 0 saturated carbocycles. The molecule has 4 atom stereocenters. The van der Waals surface area contributed by atoms with Crippen molar-refractivity contribution < 1.29 is 19.0 Å². The van der Waals surface area contributed by atoms with Crippen LogP contribution in [0.1, 0.15) is 54.4 Å². The van der Waals surface area contributed by atoms with Crippen molar-refractivity contribution in [3.05, 3.63) is 24.8 Å². The van der Waals surface area contributed by atoms with E-state index in [1.807, 2.05) is 19.9 Å². The van der Waals surface area contributed by atoms with Gasteiger partial charge in [-0.1, -0.05) is 39.0 Å². The van der Waals surface area contributed by atoms with Gasteiger partial charge in [-0.2, -0.15) is 0 Å². The lowest BCUT2D eigenvalue weighted by atomic mass is 10.0. The Hall–Kier alpha value is -0.463. The first-order chi connectivity index (χ1) is 11.3. The molecule has 0 bridgehead atoms. The molecule has 1 aliphatic rings. The number of hydrogen-bond acceptors (Lipinski definition) is 4. The van der Waals surface area contributed by atoms with E-state index in [-0.39, 0.29) is 23.4 Å². The minimum atomic E-state index is -1.86. The van der Waals surface area contributed by atoms with Gasteiger partial charge in [0.1, 0.15) is 0 Å². The van der Waals surface area contributed by atoms with Gasteiger partial charge in [0.2, 0.25) is 0 Å². The Bertz CT molecular complexity index is 465. The molecular formula is C20H38O4Si. The van der Waals surface area contributed by atoms with Crippen LogP contribution in [0.5, 0.6) is 0 Å². The van der Waals surface area contributed by atoms with Gasteiger partial charge in [-0.25, -0.2) is 0 Å². The van der Waals surface area contributed by atoms with Crippen molar-refractivity contribution in [2.45, 2.75) is 103 Å². The van der Waals surface area contributed by atoms with Crippen LogP contribution in [0.2, 0.25) is 18.1 Å². The number of hydrogen-bond donors (Lipinski definition) is 1. The molecule has 1 N–H and O–H groups in total. The summed E-state index contributed by atoms with van der Waals surface area (Å²) in [5, 5.41) is 10.0. The molecule has 1 fully saturated rings. The molecule has 1 aliphatic heterocycles. The average molecular weight is 371 g/mol. The quantitative estimate of drug-likeness (QED) is 0.516. The van der Waals surface area contributed by atoms with Crippen molar-refractivity contribution in [1.29, 1.82) is 0 Å². The molecule has 25 heavy (non-hydrogen) atoms. The highest BCUT2D eigenvalue weighted by molar-refractivity contribution is 6.74. The van der Waals surface area contributed by atoms with Gasteiger partial charge in [0.15, 0.2) is 14.1 Å². The molecule has 1 rings (SSSR count). The molecule has 0 aromatic heterocycles. The lowest BCUT2D eigenvalue weighted by Crippen LogP contribution is -2.52. The lowest BCUT2D eigenvalue weighted by Gasteiger charge is -2.45. The van der Waals surface area contributed by atoms with Crippen molar-refractivity contribution in [1.82, 2.24) is 0 Å². The zero-order valence-corrected chi connectivity index (χ0v) is 18.3. The van der Waals surface area contributed by atoms with Crippen LogP contribution in [-0.2, 0) is 13.9 Å². The summed E-state index contributed by atoms with van der Waals surface area (Å²) >= 11 is 0. The van der Waals surface area contributed by atoms with E-state index in [1.54, 1.807) is 12.2 Å². The topological polar surface area (TPSA) is 47.9 Å². The zero-order valence-electron chi connectivity index (χ0n) is 17.3. The SMILES string of the molecule is C=CC[C@@H](O)/C=C\[C@@H]1C[C@H]([C@H](C)O[Si](C)(C)C(C)(C)C)OC(C)(C)O1. The molecule has 0 aromatic carbocycles. The fraction of sp³-hybridized carbons (Fsp3) is 0.800. The number of ether oxygens (including phenoxy) is 2. The van der Waals surface area contributed by atoms with Crippen molar-refractivity contribution in [3.8, 4) is 0 Å². The molecule has 5 heteroatoms. The Labute approximate surface area is 155 Å². The van der Waals surface area contributed by atoms with Gasteiger partial charge in [0.25, 0.3) is 0 Å². The fourth-order valence-electron chi connectivity index (χ4n) is 2.71. The average Bonchev–Trinajstić information content (AvgIpc) is 2.42. The normalized spacial score (nSPS) is 27.2. The maximum absolute atomic E-state index is 9.86. The van der Waals surface area contributed by atoms with Crippen molar-refractivity contribution in [2.24, 2.45) is 0 Å². The first-order valence-corrected chi connectivity index (χ1v) is 12.2. The van der Waals surface area contributed by atoms with Gasteiger partial charge in [0, 0.05) is 6.42 Å². The Morgan fingerprint density at radius 1 is 1.32 bits per heavy atom. The largest absolute Gasteiger partial charge is 0.412 e. The molecule has 0 aromatic rings. The Balaban J connectivity index is 2.80. The summed E-state index contributed by atoms with van der Waals surface area (Å²) < 4.78 is 18.7. The van der Waals surface area contributed by atoms with Crippen molar-refractivity contribution >= 4 is 8.32 Å². The maximum Gasteiger partial charge on any atom is 0.192 e. The summed E-state index contributed by atoms with van der Waals surface area (Å²) in [4.78, 5) is 0. The van der Waals surface area contributed by atoms with Gasteiger partial charge in [-0.15, -0.1) is 6.58 Å². The first-order valence-electron chi connectivity index (χ1n) is 9.28. The third-order valence-corrected chi connectivity index (χ3v) is 9.67. The van der Waals surface area contributed by atoms with Crippen LogP contribution in [0.15, 0.2) is 24.8 Å². The van der Waals surface area contributed by atoms with E-state index in [9.17, 15) is 5.11 Å². The molecule has 0 spiro atoms. The lowest BCUT2D eigenvalue weighted by molar-refractivity contribution is -0.301. The van der Waals surface area contributed by atoms with Crippen LogP contribution < -0.4 is 0 Å². The summed E-state index contributed by atoms with van der Waals surface area (Å²) in [5.41, 5.74) is 0. The molecule has 0 radical (unpaired) electrons. The number of aliphatic hydroxyl groups is 1. The zero-order chi connectivity index (χ0) is 19.5. The van der Waals surface area contributed by atoms with E-state index in [2.05, 4.69) is 47.4 Å². The number of aliphatic hydroxyl groups excluding tert-OH is 1. The van der Waals surface area contributed by atoms with E-state index in [4.69, 9.17) is 13.9 Å². The second-order valence-electron chi connectivity index (χ2n) is 9.01. The molecule has 0 unspecified atom stereocenters. The summed E-state index contributed by atoms with van der Waals surface area (Å²) in [6, 6.07) is 0. The second-order valence-corrected chi connectivity index (χ2v) is 13.8. The molecule has 4 nitrogen and oxygen atoms in total. The van der Waals surface area contributed by atoms with Gasteiger partial charge in [0.05, 0.1) is 24.4 Å². The summed E-state index contributed by atoms with van der Waals surface area (Å²) in [6.45, 7) is 20.9. The third-order valence-electron chi connectivity index (χ3n) is 5.10. The highest BCUT2D eigenvalue weighted by atomic mass is 28.4. The van der Waals surface area contributed by atoms with Crippen LogP contribution in [0.25, 0.3) is 0 Å². The van der Waals surface area contributed by atoms with Gasteiger partial charge in [-0.3, -0.25) is 0 Å².